The van der Waals surface area contributed by atoms with Crippen LogP contribution in [0.5, 0.6) is 0 Å². The molecule has 0 N–H and O–H groups in total. The predicted octanol–water partition coefficient (Wildman–Crippen LogP) is 0.532. The van der Waals surface area contributed by atoms with Gasteiger partial charge in [-0.25, -0.2) is 0 Å². The molecule has 6 heteroatoms. The van der Waals surface area contributed by atoms with Crippen LogP contribution < -0.4 is 15.1 Å². The Hall–Kier alpha value is -0.0500. The monoisotopic (exact) mass is 224 g/mol. The maximum Gasteiger partial charge on any atom is 0.0676 e. The number of halogens is 2. The SMILES string of the molecule is O=P([O-])([O-])c1cccc(Cl)c1Cl. The van der Waals surface area contributed by atoms with E-state index in [0.717, 1.165) is 6.07 Å². The van der Waals surface area contributed by atoms with E-state index in [1.165, 1.54) is 12.1 Å². The fraction of sp³-hybridized carbons (Fsp3) is 0. The van der Waals surface area contributed by atoms with Gasteiger partial charge in [-0.15, -0.1) is 0 Å². The van der Waals surface area contributed by atoms with Crippen molar-refractivity contribution < 1.29 is 14.4 Å². The zero-order chi connectivity index (χ0) is 9.35. The Labute approximate surface area is 79.1 Å². The third-order valence-corrected chi connectivity index (χ3v) is 3.14. The van der Waals surface area contributed by atoms with Crippen LogP contribution in [0, 0.1) is 0 Å². The van der Waals surface area contributed by atoms with Crippen LogP contribution in [-0.2, 0) is 4.57 Å². The van der Waals surface area contributed by atoms with Crippen molar-refractivity contribution in [1.29, 1.82) is 0 Å². The Morgan fingerprint density at radius 2 is 1.83 bits per heavy atom. The second-order valence-corrected chi connectivity index (χ2v) is 4.33. The van der Waals surface area contributed by atoms with Crippen molar-refractivity contribution >= 4 is 36.1 Å². The van der Waals surface area contributed by atoms with Gasteiger partial charge in [-0.05, 0) is 13.7 Å². The molecule has 66 valence electrons. The topological polar surface area (TPSA) is 63.2 Å². The van der Waals surface area contributed by atoms with E-state index in [1.807, 2.05) is 0 Å². The minimum absolute atomic E-state index is 0.0566. The molecule has 1 rings (SSSR count). The maximum atomic E-state index is 10.5. The van der Waals surface area contributed by atoms with E-state index >= 15 is 0 Å². The molecule has 0 aromatic heterocycles. The predicted molar refractivity (Wildman–Crippen MR) is 43.7 cm³/mol. The van der Waals surface area contributed by atoms with Crippen molar-refractivity contribution in [3.05, 3.63) is 28.2 Å². The molecule has 3 nitrogen and oxygen atoms in total. The van der Waals surface area contributed by atoms with E-state index in [1.54, 1.807) is 0 Å². The van der Waals surface area contributed by atoms with Crippen molar-refractivity contribution in [3.8, 4) is 0 Å². The minimum Gasteiger partial charge on any atom is -0.807 e. The average molecular weight is 225 g/mol. The van der Waals surface area contributed by atoms with Gasteiger partial charge in [0, 0.05) is 5.30 Å². The van der Waals surface area contributed by atoms with Crippen LogP contribution in [0.2, 0.25) is 10.0 Å². The lowest BCUT2D eigenvalue weighted by Crippen LogP contribution is -2.25. The molecule has 0 aliphatic carbocycles. The number of rotatable bonds is 1. The molecule has 0 radical (unpaired) electrons. The molecule has 0 unspecified atom stereocenters. The fourth-order valence-corrected chi connectivity index (χ4v) is 2.01. The van der Waals surface area contributed by atoms with E-state index in [-0.39, 0.29) is 10.0 Å². The summed E-state index contributed by atoms with van der Waals surface area (Å²) in [6, 6.07) is 3.88. The van der Waals surface area contributed by atoms with Crippen molar-refractivity contribution in [3.63, 3.8) is 0 Å². The van der Waals surface area contributed by atoms with E-state index in [9.17, 15) is 14.4 Å². The van der Waals surface area contributed by atoms with Crippen LogP contribution in [-0.4, -0.2) is 0 Å². The van der Waals surface area contributed by atoms with E-state index in [2.05, 4.69) is 0 Å². The van der Waals surface area contributed by atoms with Gasteiger partial charge in [0.05, 0.1) is 10.0 Å². The molecule has 0 bridgehead atoms. The van der Waals surface area contributed by atoms with Gasteiger partial charge in [-0.1, -0.05) is 35.3 Å². The van der Waals surface area contributed by atoms with Gasteiger partial charge in [0.15, 0.2) is 0 Å². The van der Waals surface area contributed by atoms with Crippen LogP contribution in [0.15, 0.2) is 18.2 Å². The zero-order valence-corrected chi connectivity index (χ0v) is 8.07. The molecule has 0 aliphatic heterocycles. The molecule has 0 saturated heterocycles. The summed E-state index contributed by atoms with van der Waals surface area (Å²) < 4.78 is 10.5. The van der Waals surface area contributed by atoms with Crippen molar-refractivity contribution in [2.45, 2.75) is 0 Å². The maximum absolute atomic E-state index is 10.5. The van der Waals surface area contributed by atoms with Crippen molar-refractivity contribution in [1.82, 2.24) is 0 Å². The van der Waals surface area contributed by atoms with Gasteiger partial charge in [-0.3, -0.25) is 0 Å². The Bertz CT molecular complexity index is 347. The Morgan fingerprint density at radius 1 is 1.25 bits per heavy atom. The summed E-state index contributed by atoms with van der Waals surface area (Å²) in [4.78, 5) is 21.1. The molecule has 0 saturated carbocycles. The number of hydrogen-bond acceptors (Lipinski definition) is 3. The Balaban J connectivity index is 3.36. The first kappa shape index (κ1) is 10.0. The highest BCUT2D eigenvalue weighted by molar-refractivity contribution is 7.57. The van der Waals surface area contributed by atoms with Crippen LogP contribution in [0.25, 0.3) is 0 Å². The Kier molecular flexibility index (Phi) is 2.81. The van der Waals surface area contributed by atoms with Crippen molar-refractivity contribution in [2.24, 2.45) is 0 Å². The molecule has 0 fully saturated rings. The standard InChI is InChI=1S/C6H5Cl2O3P/c7-4-2-1-3-5(6(4)8)12(9,10)11/h1-3H,(H2,9,10,11)/p-2. The lowest BCUT2D eigenvalue weighted by molar-refractivity contribution is -0.307. The van der Waals surface area contributed by atoms with Gasteiger partial charge >= 0.3 is 0 Å². The second-order valence-electron chi connectivity index (χ2n) is 2.07. The summed E-state index contributed by atoms with van der Waals surface area (Å²) in [5.74, 6) is 0. The largest absolute Gasteiger partial charge is 0.807 e. The van der Waals surface area contributed by atoms with Gasteiger partial charge in [0.2, 0.25) is 0 Å². The summed E-state index contributed by atoms with van der Waals surface area (Å²) in [6.45, 7) is 0. The molecular formula is C6H3Cl2O3P-2. The fourth-order valence-electron chi connectivity index (χ4n) is 0.704. The van der Waals surface area contributed by atoms with E-state index < -0.39 is 12.9 Å². The molecule has 0 atom stereocenters. The molecule has 1 aromatic carbocycles. The minimum atomic E-state index is -4.80. The first-order valence-electron chi connectivity index (χ1n) is 2.89. The Morgan fingerprint density at radius 3 is 2.25 bits per heavy atom. The first-order chi connectivity index (χ1) is 5.43. The number of hydrogen-bond donors (Lipinski definition) is 0. The van der Waals surface area contributed by atoms with E-state index in [4.69, 9.17) is 23.2 Å². The summed E-state index contributed by atoms with van der Waals surface area (Å²) in [5, 5.41) is -0.620. The lowest BCUT2D eigenvalue weighted by atomic mass is 10.4. The number of benzene rings is 1. The average Bonchev–Trinajstić information content (AvgIpc) is 1.92. The smallest absolute Gasteiger partial charge is 0.0676 e. The summed E-state index contributed by atoms with van der Waals surface area (Å²) in [6.07, 6.45) is 0. The molecule has 0 amide bonds. The van der Waals surface area contributed by atoms with Crippen LogP contribution in [0.3, 0.4) is 0 Å². The van der Waals surface area contributed by atoms with E-state index in [0.29, 0.717) is 0 Å². The first-order valence-corrected chi connectivity index (χ1v) is 5.19. The molecule has 0 aliphatic rings. The highest BCUT2D eigenvalue weighted by atomic mass is 35.5. The van der Waals surface area contributed by atoms with Crippen LogP contribution in [0.1, 0.15) is 0 Å². The quantitative estimate of drug-likeness (QED) is 0.655. The second kappa shape index (κ2) is 3.36. The van der Waals surface area contributed by atoms with Gasteiger partial charge < -0.3 is 14.4 Å². The van der Waals surface area contributed by atoms with Gasteiger partial charge in [0.1, 0.15) is 0 Å². The van der Waals surface area contributed by atoms with Gasteiger partial charge in [-0.2, -0.15) is 0 Å². The highest BCUT2D eigenvalue weighted by Crippen LogP contribution is 2.30. The van der Waals surface area contributed by atoms with Crippen molar-refractivity contribution in [2.75, 3.05) is 0 Å². The molecule has 0 spiro atoms. The summed E-state index contributed by atoms with van der Waals surface area (Å²) in [5.41, 5.74) is 0. The lowest BCUT2D eigenvalue weighted by Gasteiger charge is -2.30. The molecule has 1 aromatic rings. The molecule has 12 heavy (non-hydrogen) atoms. The van der Waals surface area contributed by atoms with Gasteiger partial charge in [0.25, 0.3) is 0 Å². The molecular weight excluding hydrogens is 222 g/mol. The zero-order valence-electron chi connectivity index (χ0n) is 5.66. The van der Waals surface area contributed by atoms with Crippen LogP contribution in [0.4, 0.5) is 0 Å². The molecule has 0 heterocycles. The summed E-state index contributed by atoms with van der Waals surface area (Å²) in [7, 11) is -4.80. The van der Waals surface area contributed by atoms with Crippen LogP contribution >= 0.6 is 30.8 Å². The highest BCUT2D eigenvalue weighted by Gasteiger charge is 2.06. The third kappa shape index (κ3) is 2.00. The normalized spacial score (nSPS) is 11.7. The third-order valence-electron chi connectivity index (χ3n) is 1.23. The summed E-state index contributed by atoms with van der Waals surface area (Å²) >= 11 is 11.0.